The lowest BCUT2D eigenvalue weighted by Gasteiger charge is -2.38. The number of carbonyl (C=O) groups is 1. The molecule has 2 heterocycles. The fourth-order valence-corrected chi connectivity index (χ4v) is 4.09. The molecule has 7 heteroatoms. The molecule has 1 aliphatic heterocycles. The largest absolute Gasteiger partial charge is 0.496 e. The Morgan fingerprint density at radius 2 is 1.82 bits per heavy atom. The molecule has 34 heavy (non-hydrogen) atoms. The molecule has 172 valence electrons. The van der Waals surface area contributed by atoms with Crippen LogP contribution in [-0.4, -0.2) is 17.9 Å². The van der Waals surface area contributed by atoms with Crippen molar-refractivity contribution in [3.63, 3.8) is 0 Å². The Bertz CT molecular complexity index is 1310. The first-order chi connectivity index (χ1) is 16.6. The third-order valence-corrected chi connectivity index (χ3v) is 5.77. The smallest absolute Gasteiger partial charge is 0.258 e. The maximum absolute atomic E-state index is 14.0. The highest BCUT2D eigenvalue weighted by atomic mass is 19.1. The summed E-state index contributed by atoms with van der Waals surface area (Å²) in [5.41, 5.74) is 2.92. The Kier molecular flexibility index (Phi) is 5.91. The highest BCUT2D eigenvalue weighted by Crippen LogP contribution is 2.36. The molecule has 0 saturated heterocycles. The van der Waals surface area contributed by atoms with Crippen LogP contribution in [-0.2, 0) is 13.2 Å². The molecule has 5 rings (SSSR count). The first-order valence-electron chi connectivity index (χ1n) is 10.9. The summed E-state index contributed by atoms with van der Waals surface area (Å²) in [5.74, 6) is 0.916. The Hall–Kier alpha value is -4.26. The molecule has 0 spiro atoms. The summed E-state index contributed by atoms with van der Waals surface area (Å²) in [5, 5.41) is 3.48. The first kappa shape index (κ1) is 21.6. The van der Waals surface area contributed by atoms with Crippen molar-refractivity contribution in [2.75, 3.05) is 12.4 Å². The molecule has 1 atom stereocenters. The Morgan fingerprint density at radius 3 is 2.62 bits per heavy atom. The molecule has 1 amide bonds. The number of fused-ring (bicyclic) bond motifs is 1. The second-order valence-electron chi connectivity index (χ2n) is 7.90. The van der Waals surface area contributed by atoms with Gasteiger partial charge in [0.15, 0.2) is 11.6 Å². The van der Waals surface area contributed by atoms with E-state index in [1.807, 2.05) is 42.5 Å². The number of halogens is 1. The van der Waals surface area contributed by atoms with E-state index in [-0.39, 0.29) is 18.3 Å². The van der Waals surface area contributed by atoms with Gasteiger partial charge in [-0.1, -0.05) is 30.3 Å². The van der Waals surface area contributed by atoms with Crippen LogP contribution in [0.1, 0.15) is 33.4 Å². The molecule has 3 aromatic carbocycles. The summed E-state index contributed by atoms with van der Waals surface area (Å²) >= 11 is 0. The van der Waals surface area contributed by atoms with Crippen LogP contribution in [0.4, 0.5) is 10.1 Å². The third kappa shape index (κ3) is 4.20. The Labute approximate surface area is 196 Å². The molecule has 4 aromatic rings. The van der Waals surface area contributed by atoms with E-state index in [1.165, 1.54) is 6.07 Å². The lowest BCUT2D eigenvalue weighted by atomic mass is 10.0. The average molecular weight is 458 g/mol. The molecule has 1 aromatic heterocycles. The van der Waals surface area contributed by atoms with Crippen molar-refractivity contribution in [1.29, 1.82) is 0 Å². The monoisotopic (exact) mass is 458 g/mol. The standard InChI is InChI=1S/C27H23FN2O4/c1-32-24-13-12-18(15-19(24)17-34-25-11-5-3-9-22(25)28)26-29-23-10-4-2-8-21(23)27(31)30(26)16-20-7-6-14-33-20/h2-15,26,29H,16-17H2,1H3/t26-/m1/s1. The van der Waals surface area contributed by atoms with Crippen molar-refractivity contribution in [2.24, 2.45) is 0 Å². The Morgan fingerprint density at radius 1 is 1.00 bits per heavy atom. The summed E-state index contributed by atoms with van der Waals surface area (Å²) in [7, 11) is 1.57. The summed E-state index contributed by atoms with van der Waals surface area (Å²) in [6.45, 7) is 0.401. The number of methoxy groups -OCH3 is 1. The van der Waals surface area contributed by atoms with Gasteiger partial charge in [0.2, 0.25) is 0 Å². The normalized spacial score (nSPS) is 14.9. The van der Waals surface area contributed by atoms with E-state index in [9.17, 15) is 9.18 Å². The van der Waals surface area contributed by atoms with Gasteiger partial charge < -0.3 is 24.1 Å². The molecular formula is C27H23FN2O4. The van der Waals surface area contributed by atoms with E-state index < -0.39 is 12.0 Å². The maximum Gasteiger partial charge on any atom is 0.258 e. The number of hydrogen-bond acceptors (Lipinski definition) is 5. The van der Waals surface area contributed by atoms with Gasteiger partial charge in [-0.2, -0.15) is 0 Å². The minimum absolute atomic E-state index is 0.101. The van der Waals surface area contributed by atoms with E-state index in [0.29, 0.717) is 23.6 Å². The van der Waals surface area contributed by atoms with E-state index in [0.717, 1.165) is 16.8 Å². The fraction of sp³-hybridized carbons (Fsp3) is 0.148. The van der Waals surface area contributed by atoms with Crippen molar-refractivity contribution in [2.45, 2.75) is 19.3 Å². The van der Waals surface area contributed by atoms with Crippen LogP contribution in [0.3, 0.4) is 0 Å². The zero-order valence-corrected chi connectivity index (χ0v) is 18.5. The third-order valence-electron chi connectivity index (χ3n) is 5.77. The maximum atomic E-state index is 14.0. The first-order valence-corrected chi connectivity index (χ1v) is 10.9. The molecule has 0 unspecified atom stereocenters. The second kappa shape index (κ2) is 9.31. The van der Waals surface area contributed by atoms with Crippen LogP contribution in [0.15, 0.2) is 89.5 Å². The molecule has 6 nitrogen and oxygen atoms in total. The van der Waals surface area contributed by atoms with Crippen LogP contribution in [0, 0.1) is 5.82 Å². The number of carbonyl (C=O) groups excluding carboxylic acids is 1. The van der Waals surface area contributed by atoms with Gasteiger partial charge in [0.1, 0.15) is 24.3 Å². The SMILES string of the molecule is COc1ccc([C@@H]2Nc3ccccc3C(=O)N2Cc2ccco2)cc1COc1ccccc1F. The topological polar surface area (TPSA) is 63.9 Å². The molecule has 1 aliphatic rings. The number of amides is 1. The molecule has 0 fully saturated rings. The van der Waals surface area contributed by atoms with Crippen LogP contribution >= 0.6 is 0 Å². The number of para-hydroxylation sites is 2. The van der Waals surface area contributed by atoms with Crippen molar-refractivity contribution >= 4 is 11.6 Å². The van der Waals surface area contributed by atoms with E-state index in [2.05, 4.69) is 5.32 Å². The zero-order chi connectivity index (χ0) is 23.5. The molecule has 1 N–H and O–H groups in total. The van der Waals surface area contributed by atoms with Gasteiger partial charge in [0.05, 0.1) is 25.5 Å². The number of ether oxygens (including phenoxy) is 2. The van der Waals surface area contributed by atoms with Crippen molar-refractivity contribution < 1.29 is 23.1 Å². The fourth-order valence-electron chi connectivity index (χ4n) is 4.09. The molecular weight excluding hydrogens is 435 g/mol. The summed E-state index contributed by atoms with van der Waals surface area (Å²) in [6, 6.07) is 23.0. The predicted octanol–water partition coefficient (Wildman–Crippen LogP) is 5.77. The second-order valence-corrected chi connectivity index (χ2v) is 7.90. The number of rotatable bonds is 7. The lowest BCUT2D eigenvalue weighted by molar-refractivity contribution is 0.0651. The number of hydrogen-bond donors (Lipinski definition) is 1. The molecule has 0 radical (unpaired) electrons. The van der Waals surface area contributed by atoms with Gasteiger partial charge in [0, 0.05) is 11.3 Å². The summed E-state index contributed by atoms with van der Waals surface area (Å²) < 4.78 is 30.8. The van der Waals surface area contributed by atoms with E-state index in [4.69, 9.17) is 13.9 Å². The lowest BCUT2D eigenvalue weighted by Crippen LogP contribution is -2.42. The van der Waals surface area contributed by atoms with E-state index >= 15 is 0 Å². The van der Waals surface area contributed by atoms with Gasteiger partial charge in [-0.25, -0.2) is 4.39 Å². The van der Waals surface area contributed by atoms with E-state index in [1.54, 1.807) is 48.6 Å². The zero-order valence-electron chi connectivity index (χ0n) is 18.5. The number of benzene rings is 3. The van der Waals surface area contributed by atoms with Crippen molar-refractivity contribution in [3.05, 3.63) is 113 Å². The highest BCUT2D eigenvalue weighted by Gasteiger charge is 2.33. The van der Waals surface area contributed by atoms with Crippen molar-refractivity contribution in [3.8, 4) is 11.5 Å². The quantitative estimate of drug-likeness (QED) is 0.381. The van der Waals surface area contributed by atoms with Gasteiger partial charge in [0.25, 0.3) is 5.91 Å². The number of anilines is 1. The highest BCUT2D eigenvalue weighted by molar-refractivity contribution is 6.01. The number of nitrogens with one attached hydrogen (secondary N) is 1. The molecule has 0 bridgehead atoms. The predicted molar refractivity (Wildman–Crippen MR) is 125 cm³/mol. The number of furan rings is 1. The van der Waals surface area contributed by atoms with Crippen LogP contribution in [0.2, 0.25) is 0 Å². The van der Waals surface area contributed by atoms with Gasteiger partial charge in [-0.05, 0) is 54.1 Å². The van der Waals surface area contributed by atoms with Crippen LogP contribution < -0.4 is 14.8 Å². The summed E-state index contributed by atoms with van der Waals surface area (Å²) in [4.78, 5) is 15.2. The minimum atomic E-state index is -0.453. The van der Waals surface area contributed by atoms with Gasteiger partial charge in [-0.3, -0.25) is 4.79 Å². The number of nitrogens with zero attached hydrogens (tertiary/aromatic N) is 1. The van der Waals surface area contributed by atoms with Crippen LogP contribution in [0.5, 0.6) is 11.5 Å². The summed E-state index contributed by atoms with van der Waals surface area (Å²) in [6.07, 6.45) is 1.14. The Balaban J connectivity index is 1.49. The molecule has 0 aliphatic carbocycles. The average Bonchev–Trinajstić information content (AvgIpc) is 3.38. The van der Waals surface area contributed by atoms with Crippen LogP contribution in [0.25, 0.3) is 0 Å². The minimum Gasteiger partial charge on any atom is -0.496 e. The molecule has 0 saturated carbocycles. The van der Waals surface area contributed by atoms with Gasteiger partial charge in [-0.15, -0.1) is 0 Å². The van der Waals surface area contributed by atoms with Gasteiger partial charge >= 0.3 is 0 Å². The van der Waals surface area contributed by atoms with Crippen molar-refractivity contribution in [1.82, 2.24) is 4.90 Å².